The van der Waals surface area contributed by atoms with Crippen molar-refractivity contribution in [2.45, 2.75) is 31.3 Å². The molecule has 0 aliphatic heterocycles. The standard InChI is InChI=1S/C31H31N3O5/c1-38-16-6-15-34-19-23(18-32-34)22-13-11-21(12-14-22)17-29(30(35)36)33-31(37)39-20-28-26-9-4-2-7-24(26)25-8-3-5-10-27(25)28/h2-5,7-14,18-19,28-29H,6,15-17,20H2,1H3,(H,33,37)(H,35,36)/t29-/m0/s1. The van der Waals surface area contributed by atoms with E-state index in [4.69, 9.17) is 9.47 Å². The monoisotopic (exact) mass is 525 g/mol. The molecule has 1 amide bonds. The molecule has 0 unspecified atom stereocenters. The van der Waals surface area contributed by atoms with Crippen LogP contribution < -0.4 is 5.32 Å². The number of rotatable bonds is 11. The van der Waals surface area contributed by atoms with Crippen molar-refractivity contribution >= 4 is 12.1 Å². The summed E-state index contributed by atoms with van der Waals surface area (Å²) in [4.78, 5) is 24.6. The number of nitrogens with zero attached hydrogens (tertiary/aromatic N) is 2. The third kappa shape index (κ3) is 6.02. The Morgan fingerprint density at radius 1 is 0.974 bits per heavy atom. The number of aromatic nitrogens is 2. The number of benzene rings is 3. The summed E-state index contributed by atoms with van der Waals surface area (Å²) in [7, 11) is 1.68. The van der Waals surface area contributed by atoms with Crippen molar-refractivity contribution in [2.24, 2.45) is 0 Å². The summed E-state index contributed by atoms with van der Waals surface area (Å²) in [5.41, 5.74) is 7.21. The van der Waals surface area contributed by atoms with Gasteiger partial charge >= 0.3 is 12.1 Å². The molecule has 200 valence electrons. The summed E-state index contributed by atoms with van der Waals surface area (Å²) in [5.74, 6) is -1.21. The minimum Gasteiger partial charge on any atom is -0.480 e. The fourth-order valence-electron chi connectivity index (χ4n) is 5.06. The van der Waals surface area contributed by atoms with Gasteiger partial charge in [0.2, 0.25) is 0 Å². The van der Waals surface area contributed by atoms with E-state index >= 15 is 0 Å². The minimum absolute atomic E-state index is 0.0942. The smallest absolute Gasteiger partial charge is 0.407 e. The van der Waals surface area contributed by atoms with Crippen LogP contribution in [-0.2, 0) is 27.2 Å². The first-order chi connectivity index (χ1) is 19.0. The summed E-state index contributed by atoms with van der Waals surface area (Å²) < 4.78 is 12.5. The molecule has 2 N–H and O–H groups in total. The molecule has 1 atom stereocenters. The lowest BCUT2D eigenvalue weighted by molar-refractivity contribution is -0.139. The molecule has 5 rings (SSSR count). The van der Waals surface area contributed by atoms with Crippen molar-refractivity contribution in [1.29, 1.82) is 0 Å². The zero-order chi connectivity index (χ0) is 27.2. The van der Waals surface area contributed by atoms with Crippen LogP contribution in [0.2, 0.25) is 0 Å². The number of aliphatic carboxylic acids is 1. The van der Waals surface area contributed by atoms with Crippen LogP contribution in [0.1, 0.15) is 29.0 Å². The number of nitrogens with one attached hydrogen (secondary N) is 1. The average Bonchev–Trinajstić information content (AvgIpc) is 3.55. The number of methoxy groups -OCH3 is 1. The van der Waals surface area contributed by atoms with Crippen molar-refractivity contribution in [1.82, 2.24) is 15.1 Å². The van der Waals surface area contributed by atoms with Crippen LogP contribution in [0.5, 0.6) is 0 Å². The molecule has 1 aliphatic rings. The van der Waals surface area contributed by atoms with Crippen molar-refractivity contribution < 1.29 is 24.2 Å². The maximum absolute atomic E-state index is 12.7. The van der Waals surface area contributed by atoms with Gasteiger partial charge in [-0.15, -0.1) is 0 Å². The van der Waals surface area contributed by atoms with E-state index < -0.39 is 18.1 Å². The Morgan fingerprint density at radius 3 is 2.28 bits per heavy atom. The molecule has 1 aromatic heterocycles. The van der Waals surface area contributed by atoms with Crippen molar-refractivity contribution in [3.05, 3.63) is 102 Å². The zero-order valence-electron chi connectivity index (χ0n) is 21.7. The highest BCUT2D eigenvalue weighted by atomic mass is 16.5. The maximum atomic E-state index is 12.7. The molecular weight excluding hydrogens is 494 g/mol. The van der Waals surface area contributed by atoms with Crippen LogP contribution in [0.4, 0.5) is 4.79 Å². The third-order valence-electron chi connectivity index (χ3n) is 7.03. The Balaban J connectivity index is 1.18. The first kappa shape index (κ1) is 26.2. The van der Waals surface area contributed by atoms with Gasteiger partial charge in [0.05, 0.1) is 6.20 Å². The van der Waals surface area contributed by atoms with Crippen molar-refractivity contribution in [3.63, 3.8) is 0 Å². The highest BCUT2D eigenvalue weighted by Crippen LogP contribution is 2.44. The molecule has 0 radical (unpaired) electrons. The first-order valence-corrected chi connectivity index (χ1v) is 13.0. The molecule has 1 heterocycles. The summed E-state index contributed by atoms with van der Waals surface area (Å²) in [6.07, 6.45) is 4.05. The Labute approximate surface area is 227 Å². The summed E-state index contributed by atoms with van der Waals surface area (Å²) in [6.45, 7) is 1.58. The highest BCUT2D eigenvalue weighted by molar-refractivity contribution is 5.81. The second-order valence-corrected chi connectivity index (χ2v) is 9.60. The van der Waals surface area contributed by atoms with Gasteiger partial charge in [0, 0.05) is 44.4 Å². The lowest BCUT2D eigenvalue weighted by atomic mass is 9.98. The van der Waals surface area contributed by atoms with Crippen molar-refractivity contribution in [2.75, 3.05) is 20.3 Å². The molecule has 0 spiro atoms. The van der Waals surface area contributed by atoms with E-state index in [1.54, 1.807) is 13.3 Å². The molecule has 0 saturated carbocycles. The van der Waals surface area contributed by atoms with Crippen LogP contribution in [0.25, 0.3) is 22.3 Å². The van der Waals surface area contributed by atoms with E-state index in [-0.39, 0.29) is 18.9 Å². The Hall–Kier alpha value is -4.43. The molecule has 8 heteroatoms. The predicted octanol–water partition coefficient (Wildman–Crippen LogP) is 5.12. The predicted molar refractivity (Wildman–Crippen MR) is 147 cm³/mol. The number of carboxylic acid groups (broad SMARTS) is 1. The number of carboxylic acids is 1. The molecule has 0 bridgehead atoms. The number of amides is 1. The first-order valence-electron chi connectivity index (χ1n) is 13.0. The maximum Gasteiger partial charge on any atom is 0.407 e. The van der Waals surface area contributed by atoms with E-state index in [1.807, 2.05) is 71.5 Å². The number of carbonyl (C=O) groups is 2. The Bertz CT molecular complexity index is 1400. The average molecular weight is 526 g/mol. The molecule has 8 nitrogen and oxygen atoms in total. The van der Waals surface area contributed by atoms with Gasteiger partial charge in [-0.3, -0.25) is 4.68 Å². The van der Waals surface area contributed by atoms with Gasteiger partial charge in [-0.2, -0.15) is 5.10 Å². The number of fused-ring (bicyclic) bond motifs is 3. The van der Waals surface area contributed by atoms with Crippen LogP contribution in [0, 0.1) is 0 Å². The summed E-state index contributed by atoms with van der Waals surface area (Å²) in [6, 6.07) is 22.6. The number of alkyl carbamates (subject to hydrolysis) is 1. The van der Waals surface area contributed by atoms with E-state index in [0.717, 1.165) is 51.9 Å². The lowest BCUT2D eigenvalue weighted by Gasteiger charge is -2.17. The van der Waals surface area contributed by atoms with E-state index in [1.165, 1.54) is 0 Å². The number of hydrogen-bond acceptors (Lipinski definition) is 5. The zero-order valence-corrected chi connectivity index (χ0v) is 21.7. The molecule has 4 aromatic rings. The molecular formula is C31H31N3O5. The molecule has 1 aliphatic carbocycles. The summed E-state index contributed by atoms with van der Waals surface area (Å²) >= 11 is 0. The molecule has 0 saturated heterocycles. The summed E-state index contributed by atoms with van der Waals surface area (Å²) in [5, 5.41) is 16.7. The van der Waals surface area contributed by atoms with Gasteiger partial charge < -0.3 is 19.9 Å². The minimum atomic E-state index is -1.12. The van der Waals surface area contributed by atoms with E-state index in [0.29, 0.717) is 6.61 Å². The fourth-order valence-corrected chi connectivity index (χ4v) is 5.06. The topological polar surface area (TPSA) is 103 Å². The number of aryl methyl sites for hydroxylation is 1. The molecule has 39 heavy (non-hydrogen) atoms. The van der Waals surface area contributed by atoms with Gasteiger partial charge in [-0.1, -0.05) is 72.8 Å². The van der Waals surface area contributed by atoms with E-state index in [2.05, 4.69) is 22.5 Å². The highest BCUT2D eigenvalue weighted by Gasteiger charge is 2.29. The fraction of sp³-hybridized carbons (Fsp3) is 0.258. The van der Waals surface area contributed by atoms with Gasteiger partial charge in [-0.05, 0) is 39.8 Å². The Kier molecular flexibility index (Phi) is 8.03. The van der Waals surface area contributed by atoms with Gasteiger partial charge in [0.1, 0.15) is 12.6 Å². The number of carbonyl (C=O) groups excluding carboxylic acids is 1. The van der Waals surface area contributed by atoms with Crippen LogP contribution in [0.3, 0.4) is 0 Å². The van der Waals surface area contributed by atoms with Crippen LogP contribution >= 0.6 is 0 Å². The van der Waals surface area contributed by atoms with Gasteiger partial charge in [0.25, 0.3) is 0 Å². The number of hydrogen-bond donors (Lipinski definition) is 2. The van der Waals surface area contributed by atoms with Crippen LogP contribution in [0.15, 0.2) is 85.2 Å². The van der Waals surface area contributed by atoms with Gasteiger partial charge in [0.15, 0.2) is 0 Å². The molecule has 0 fully saturated rings. The largest absolute Gasteiger partial charge is 0.480 e. The van der Waals surface area contributed by atoms with Gasteiger partial charge in [-0.25, -0.2) is 9.59 Å². The van der Waals surface area contributed by atoms with Crippen molar-refractivity contribution in [3.8, 4) is 22.3 Å². The lowest BCUT2D eigenvalue weighted by Crippen LogP contribution is -2.42. The second-order valence-electron chi connectivity index (χ2n) is 9.60. The third-order valence-corrected chi connectivity index (χ3v) is 7.03. The van der Waals surface area contributed by atoms with Crippen LogP contribution in [-0.4, -0.2) is 53.3 Å². The normalized spacial score (nSPS) is 12.9. The quantitative estimate of drug-likeness (QED) is 0.264. The molecule has 3 aromatic carbocycles. The second kappa shape index (κ2) is 12.0. The number of ether oxygens (including phenoxy) is 2. The van der Waals surface area contributed by atoms with E-state index in [9.17, 15) is 14.7 Å². The Morgan fingerprint density at radius 2 is 1.64 bits per heavy atom. The SMILES string of the molecule is COCCCn1cc(-c2ccc(C[C@H](NC(=O)OCC3c4ccccc4-c4ccccc43)C(=O)O)cc2)cn1.